The number of para-hydroxylation sites is 1. The van der Waals surface area contributed by atoms with E-state index < -0.39 is 0 Å². The Labute approximate surface area is 156 Å². The van der Waals surface area contributed by atoms with Gasteiger partial charge in [0.2, 0.25) is 5.91 Å². The third-order valence-corrected chi connectivity index (χ3v) is 4.73. The van der Waals surface area contributed by atoms with Crippen LogP contribution in [0.1, 0.15) is 11.1 Å². The van der Waals surface area contributed by atoms with Crippen molar-refractivity contribution in [3.63, 3.8) is 0 Å². The lowest BCUT2D eigenvalue weighted by Gasteiger charge is -2.22. The molecule has 0 saturated carbocycles. The Balaban J connectivity index is 1.62. The van der Waals surface area contributed by atoms with Crippen molar-refractivity contribution < 1.29 is 4.79 Å². The summed E-state index contributed by atoms with van der Waals surface area (Å²) in [7, 11) is 1.74. The number of aryl methyl sites for hydroxylation is 1. The van der Waals surface area contributed by atoms with Gasteiger partial charge in [-0.15, -0.1) is 0 Å². The van der Waals surface area contributed by atoms with Crippen LogP contribution in [-0.2, 0) is 11.2 Å². The first kappa shape index (κ1) is 17.5. The minimum atomic E-state index is -0.102. The van der Waals surface area contributed by atoms with E-state index in [-0.39, 0.29) is 12.5 Å². The van der Waals surface area contributed by atoms with Gasteiger partial charge in [-0.05, 0) is 42.7 Å². The number of amides is 1. The van der Waals surface area contributed by atoms with E-state index in [0.717, 1.165) is 34.4 Å². The average Bonchev–Trinajstić information content (AvgIpc) is 3.03. The molecule has 6 heteroatoms. The summed E-state index contributed by atoms with van der Waals surface area (Å²) in [6.45, 7) is 3.00. The van der Waals surface area contributed by atoms with Crippen molar-refractivity contribution in [2.24, 2.45) is 4.99 Å². The lowest BCUT2D eigenvalue weighted by molar-refractivity contribution is -0.115. The standard InChI is InChI=1S/C19H21BrN4O/c1-13-7-8-15(20)11-16(13)23-18(25)12-22-19(21-2)24-10-9-14-5-3-4-6-17(14)24/h3-8,11H,9-10,12H2,1-2H3,(H,21,22)(H,23,25). The lowest BCUT2D eigenvalue weighted by atomic mass is 10.2. The Bertz CT molecular complexity index is 819. The molecule has 0 aromatic heterocycles. The molecule has 0 unspecified atom stereocenters. The molecule has 1 aliphatic heterocycles. The molecule has 2 N–H and O–H groups in total. The van der Waals surface area contributed by atoms with E-state index in [1.54, 1.807) is 7.05 Å². The highest BCUT2D eigenvalue weighted by atomic mass is 79.9. The van der Waals surface area contributed by atoms with Crippen molar-refractivity contribution in [2.45, 2.75) is 13.3 Å². The summed E-state index contributed by atoms with van der Waals surface area (Å²) in [5.74, 6) is 0.612. The van der Waals surface area contributed by atoms with E-state index in [1.807, 2.05) is 37.3 Å². The first-order valence-corrected chi connectivity index (χ1v) is 9.00. The number of guanidine groups is 1. The summed E-state index contributed by atoms with van der Waals surface area (Å²) in [6, 6.07) is 14.1. The largest absolute Gasteiger partial charge is 0.347 e. The van der Waals surface area contributed by atoms with Gasteiger partial charge in [-0.25, -0.2) is 0 Å². The van der Waals surface area contributed by atoms with E-state index >= 15 is 0 Å². The molecule has 1 amide bonds. The van der Waals surface area contributed by atoms with Crippen molar-refractivity contribution in [3.05, 3.63) is 58.1 Å². The van der Waals surface area contributed by atoms with E-state index in [0.29, 0.717) is 5.96 Å². The molecule has 1 aliphatic rings. The fourth-order valence-electron chi connectivity index (χ4n) is 2.94. The third-order valence-electron chi connectivity index (χ3n) is 4.24. The highest BCUT2D eigenvalue weighted by molar-refractivity contribution is 9.10. The molecule has 2 aromatic carbocycles. The summed E-state index contributed by atoms with van der Waals surface area (Å²) >= 11 is 3.43. The van der Waals surface area contributed by atoms with Crippen molar-refractivity contribution >= 4 is 39.2 Å². The normalized spacial score (nSPS) is 13.6. The second-order valence-electron chi connectivity index (χ2n) is 5.94. The summed E-state index contributed by atoms with van der Waals surface area (Å²) in [5.41, 5.74) is 4.29. The molecule has 1 heterocycles. The van der Waals surface area contributed by atoms with Gasteiger partial charge in [-0.2, -0.15) is 0 Å². The Morgan fingerprint density at radius 3 is 2.88 bits per heavy atom. The second kappa shape index (κ2) is 7.70. The molecule has 2 aromatic rings. The minimum Gasteiger partial charge on any atom is -0.347 e. The fourth-order valence-corrected chi connectivity index (χ4v) is 3.30. The van der Waals surface area contributed by atoms with Gasteiger partial charge in [0.05, 0.1) is 6.54 Å². The Kier molecular flexibility index (Phi) is 5.38. The molecule has 130 valence electrons. The number of hydrogen-bond acceptors (Lipinski definition) is 2. The first-order chi connectivity index (χ1) is 12.1. The van der Waals surface area contributed by atoms with Crippen LogP contribution in [-0.4, -0.2) is 32.0 Å². The van der Waals surface area contributed by atoms with Crippen LogP contribution in [0, 0.1) is 6.92 Å². The molecule has 25 heavy (non-hydrogen) atoms. The van der Waals surface area contributed by atoms with Crippen molar-refractivity contribution in [1.82, 2.24) is 5.32 Å². The van der Waals surface area contributed by atoms with Crippen LogP contribution in [0.4, 0.5) is 11.4 Å². The van der Waals surface area contributed by atoms with Crippen LogP contribution in [0.25, 0.3) is 0 Å². The third kappa shape index (κ3) is 4.02. The summed E-state index contributed by atoms with van der Waals surface area (Å²) in [6.07, 6.45) is 0.986. The van der Waals surface area contributed by atoms with Crippen LogP contribution in [0.5, 0.6) is 0 Å². The van der Waals surface area contributed by atoms with Crippen LogP contribution in [0.2, 0.25) is 0 Å². The molecule has 0 aliphatic carbocycles. The molecular formula is C19H21BrN4O. The van der Waals surface area contributed by atoms with Crippen LogP contribution in [0.15, 0.2) is 51.9 Å². The van der Waals surface area contributed by atoms with Gasteiger partial charge in [0, 0.05) is 29.4 Å². The number of carbonyl (C=O) groups excluding carboxylic acids is 1. The van der Waals surface area contributed by atoms with Crippen LogP contribution in [0.3, 0.4) is 0 Å². The van der Waals surface area contributed by atoms with E-state index in [9.17, 15) is 4.79 Å². The minimum absolute atomic E-state index is 0.102. The average molecular weight is 401 g/mol. The van der Waals surface area contributed by atoms with Crippen molar-refractivity contribution in [3.8, 4) is 0 Å². The Hall–Kier alpha value is -2.34. The van der Waals surface area contributed by atoms with Crippen molar-refractivity contribution in [1.29, 1.82) is 0 Å². The van der Waals surface area contributed by atoms with Crippen LogP contribution < -0.4 is 15.5 Å². The highest BCUT2D eigenvalue weighted by Gasteiger charge is 2.22. The van der Waals surface area contributed by atoms with E-state index in [4.69, 9.17) is 0 Å². The van der Waals surface area contributed by atoms with Gasteiger partial charge >= 0.3 is 0 Å². The summed E-state index contributed by atoms with van der Waals surface area (Å²) in [5, 5.41) is 6.09. The SMILES string of the molecule is CN=C(NCC(=O)Nc1cc(Br)ccc1C)N1CCc2ccccc21. The molecule has 0 saturated heterocycles. The quantitative estimate of drug-likeness (QED) is 0.613. The Morgan fingerprint density at radius 1 is 1.28 bits per heavy atom. The van der Waals surface area contributed by atoms with E-state index in [2.05, 4.69) is 48.6 Å². The maximum absolute atomic E-state index is 12.3. The zero-order valence-electron chi connectivity index (χ0n) is 14.3. The van der Waals surface area contributed by atoms with Gasteiger partial charge in [0.1, 0.15) is 0 Å². The number of nitrogens with one attached hydrogen (secondary N) is 2. The van der Waals surface area contributed by atoms with E-state index in [1.165, 1.54) is 5.56 Å². The number of carbonyl (C=O) groups is 1. The smallest absolute Gasteiger partial charge is 0.243 e. The molecule has 0 spiro atoms. The summed E-state index contributed by atoms with van der Waals surface area (Å²) < 4.78 is 0.936. The molecule has 0 radical (unpaired) electrons. The topological polar surface area (TPSA) is 56.7 Å². The maximum Gasteiger partial charge on any atom is 0.243 e. The number of rotatable bonds is 3. The van der Waals surface area contributed by atoms with Gasteiger partial charge in [0.15, 0.2) is 5.96 Å². The fraction of sp³-hybridized carbons (Fsp3) is 0.263. The number of aliphatic imine (C=N–C) groups is 1. The monoisotopic (exact) mass is 400 g/mol. The summed E-state index contributed by atoms with van der Waals surface area (Å²) in [4.78, 5) is 18.7. The molecular weight excluding hydrogens is 380 g/mol. The number of nitrogens with zero attached hydrogens (tertiary/aromatic N) is 2. The predicted molar refractivity (Wildman–Crippen MR) is 106 cm³/mol. The van der Waals surface area contributed by atoms with Crippen LogP contribution >= 0.6 is 15.9 Å². The highest BCUT2D eigenvalue weighted by Crippen LogP contribution is 2.27. The number of fused-ring (bicyclic) bond motifs is 1. The van der Waals surface area contributed by atoms with Gasteiger partial charge in [-0.3, -0.25) is 9.79 Å². The molecule has 0 bridgehead atoms. The zero-order valence-corrected chi connectivity index (χ0v) is 15.9. The number of anilines is 2. The molecule has 0 atom stereocenters. The van der Waals surface area contributed by atoms with Gasteiger partial charge < -0.3 is 15.5 Å². The predicted octanol–water partition coefficient (Wildman–Crippen LogP) is 3.33. The molecule has 0 fully saturated rings. The number of hydrogen-bond donors (Lipinski definition) is 2. The van der Waals surface area contributed by atoms with Crippen molar-refractivity contribution in [2.75, 3.05) is 30.4 Å². The molecule has 3 rings (SSSR count). The van der Waals surface area contributed by atoms with Gasteiger partial charge in [-0.1, -0.05) is 40.2 Å². The number of halogens is 1. The molecule has 5 nitrogen and oxygen atoms in total. The first-order valence-electron chi connectivity index (χ1n) is 8.20. The lowest BCUT2D eigenvalue weighted by Crippen LogP contribution is -2.43. The Morgan fingerprint density at radius 2 is 2.08 bits per heavy atom. The second-order valence-corrected chi connectivity index (χ2v) is 6.85. The van der Waals surface area contributed by atoms with Gasteiger partial charge in [0.25, 0.3) is 0 Å². The maximum atomic E-state index is 12.3. The zero-order chi connectivity index (χ0) is 17.8. The number of benzene rings is 2.